The zero-order chi connectivity index (χ0) is 20.1. The second kappa shape index (κ2) is 8.78. The fraction of sp³-hybridized carbons (Fsp3) is 0.409. The predicted octanol–water partition coefficient (Wildman–Crippen LogP) is 4.27. The van der Waals surface area contributed by atoms with E-state index in [0.29, 0.717) is 11.3 Å². The highest BCUT2D eigenvalue weighted by Gasteiger charge is 2.22. The number of nitrogens with zero attached hydrogens (tertiary/aromatic N) is 1. The van der Waals surface area contributed by atoms with E-state index in [2.05, 4.69) is 5.32 Å². The largest absolute Gasteiger partial charge is 0.349 e. The summed E-state index contributed by atoms with van der Waals surface area (Å²) < 4.78 is 27.0. The van der Waals surface area contributed by atoms with Crippen molar-refractivity contribution in [3.63, 3.8) is 0 Å². The van der Waals surface area contributed by atoms with E-state index in [4.69, 9.17) is 0 Å². The van der Waals surface area contributed by atoms with Gasteiger partial charge in [-0.15, -0.1) is 0 Å². The van der Waals surface area contributed by atoms with Gasteiger partial charge in [0.25, 0.3) is 15.9 Å². The van der Waals surface area contributed by atoms with Crippen LogP contribution in [0, 0.1) is 6.92 Å². The molecule has 0 aromatic heterocycles. The lowest BCUT2D eigenvalue weighted by atomic mass is 10.1. The minimum atomic E-state index is -3.68. The number of hydrogen-bond donors (Lipinski definition) is 1. The van der Waals surface area contributed by atoms with Crippen molar-refractivity contribution in [3.05, 3.63) is 59.7 Å². The summed E-state index contributed by atoms with van der Waals surface area (Å²) in [6, 6.07) is 13.7. The second-order valence-electron chi connectivity index (χ2n) is 7.50. The van der Waals surface area contributed by atoms with Crippen molar-refractivity contribution in [1.82, 2.24) is 5.32 Å². The molecular weight excluding hydrogens is 372 g/mol. The molecule has 0 aliphatic heterocycles. The van der Waals surface area contributed by atoms with Crippen molar-refractivity contribution in [2.75, 3.05) is 11.4 Å². The molecule has 1 saturated carbocycles. The maximum atomic E-state index is 12.9. The molecule has 28 heavy (non-hydrogen) atoms. The predicted molar refractivity (Wildman–Crippen MR) is 112 cm³/mol. The van der Waals surface area contributed by atoms with Crippen LogP contribution in [0.5, 0.6) is 0 Å². The second-order valence-corrected chi connectivity index (χ2v) is 9.47. The van der Waals surface area contributed by atoms with E-state index in [0.717, 1.165) is 31.2 Å². The van der Waals surface area contributed by atoms with Crippen LogP contribution in [0.2, 0.25) is 0 Å². The van der Waals surface area contributed by atoms with Gasteiger partial charge >= 0.3 is 0 Å². The Labute approximate surface area is 167 Å². The zero-order valence-electron chi connectivity index (χ0n) is 16.5. The third-order valence-electron chi connectivity index (χ3n) is 5.34. The Hall–Kier alpha value is -2.34. The fourth-order valence-corrected chi connectivity index (χ4v) is 4.73. The van der Waals surface area contributed by atoms with Crippen LogP contribution in [0.4, 0.5) is 5.69 Å². The molecule has 6 heteroatoms. The molecule has 0 spiro atoms. The van der Waals surface area contributed by atoms with E-state index in [9.17, 15) is 13.2 Å². The van der Waals surface area contributed by atoms with Crippen molar-refractivity contribution in [1.29, 1.82) is 0 Å². The number of carbonyl (C=O) groups excluding carboxylic acids is 1. The summed E-state index contributed by atoms with van der Waals surface area (Å²) in [4.78, 5) is 12.9. The number of sulfonamides is 1. The van der Waals surface area contributed by atoms with Gasteiger partial charge in [-0.25, -0.2) is 8.42 Å². The number of anilines is 1. The summed E-state index contributed by atoms with van der Waals surface area (Å²) in [5.41, 5.74) is 1.94. The van der Waals surface area contributed by atoms with Crippen LogP contribution < -0.4 is 9.62 Å². The molecule has 0 unspecified atom stereocenters. The fourth-order valence-electron chi connectivity index (χ4n) is 3.54. The molecule has 0 bridgehead atoms. The Morgan fingerprint density at radius 3 is 2.29 bits per heavy atom. The van der Waals surface area contributed by atoms with Gasteiger partial charge < -0.3 is 5.32 Å². The molecule has 0 heterocycles. The van der Waals surface area contributed by atoms with Crippen molar-refractivity contribution in [2.45, 2.75) is 56.4 Å². The zero-order valence-corrected chi connectivity index (χ0v) is 17.3. The lowest BCUT2D eigenvalue weighted by molar-refractivity contribution is 0.0933. The highest BCUT2D eigenvalue weighted by molar-refractivity contribution is 7.92. The van der Waals surface area contributed by atoms with E-state index >= 15 is 0 Å². The number of benzene rings is 2. The van der Waals surface area contributed by atoms with Crippen LogP contribution in [-0.2, 0) is 10.0 Å². The van der Waals surface area contributed by atoms with Gasteiger partial charge in [0.2, 0.25) is 0 Å². The smallest absolute Gasteiger partial charge is 0.264 e. The monoisotopic (exact) mass is 400 g/mol. The minimum Gasteiger partial charge on any atom is -0.349 e. The van der Waals surface area contributed by atoms with Gasteiger partial charge in [0, 0.05) is 18.7 Å². The quantitative estimate of drug-likeness (QED) is 0.762. The number of aryl methyl sites for hydroxylation is 1. The summed E-state index contributed by atoms with van der Waals surface area (Å²) >= 11 is 0. The molecule has 5 nitrogen and oxygen atoms in total. The van der Waals surface area contributed by atoms with Gasteiger partial charge in [-0.1, -0.05) is 49.4 Å². The van der Waals surface area contributed by atoms with Gasteiger partial charge in [-0.3, -0.25) is 9.10 Å². The topological polar surface area (TPSA) is 66.5 Å². The first-order valence-electron chi connectivity index (χ1n) is 9.84. The number of amides is 1. The molecule has 1 fully saturated rings. The Kier molecular flexibility index (Phi) is 6.39. The van der Waals surface area contributed by atoms with Gasteiger partial charge in [-0.2, -0.15) is 0 Å². The van der Waals surface area contributed by atoms with Crippen LogP contribution in [-0.4, -0.2) is 27.4 Å². The van der Waals surface area contributed by atoms with Gasteiger partial charge in [0.15, 0.2) is 0 Å². The average molecular weight is 401 g/mol. The van der Waals surface area contributed by atoms with E-state index in [1.54, 1.807) is 48.5 Å². The van der Waals surface area contributed by atoms with E-state index in [-0.39, 0.29) is 16.8 Å². The lowest BCUT2D eigenvalue weighted by Gasteiger charge is -2.21. The van der Waals surface area contributed by atoms with Crippen molar-refractivity contribution in [3.8, 4) is 0 Å². The molecule has 0 atom stereocenters. The minimum absolute atomic E-state index is 0.144. The Morgan fingerprint density at radius 2 is 1.64 bits per heavy atom. The van der Waals surface area contributed by atoms with Crippen LogP contribution >= 0.6 is 0 Å². The summed E-state index contributed by atoms with van der Waals surface area (Å²) in [6.45, 7) is 1.91. The van der Waals surface area contributed by atoms with E-state index in [1.807, 2.05) is 6.92 Å². The van der Waals surface area contributed by atoms with Gasteiger partial charge in [0.05, 0.1) is 10.6 Å². The Morgan fingerprint density at radius 1 is 1.00 bits per heavy atom. The summed E-state index contributed by atoms with van der Waals surface area (Å²) in [7, 11) is -2.17. The first kappa shape index (κ1) is 20.4. The summed E-state index contributed by atoms with van der Waals surface area (Å²) in [5, 5.41) is 3.11. The molecular formula is C22H28N2O3S. The van der Waals surface area contributed by atoms with Crippen molar-refractivity contribution in [2.24, 2.45) is 0 Å². The van der Waals surface area contributed by atoms with Crippen LogP contribution in [0.1, 0.15) is 54.4 Å². The summed E-state index contributed by atoms with van der Waals surface area (Å²) in [5.74, 6) is -0.144. The highest BCUT2D eigenvalue weighted by atomic mass is 32.2. The normalized spacial score (nSPS) is 15.6. The van der Waals surface area contributed by atoms with Crippen molar-refractivity contribution < 1.29 is 13.2 Å². The molecule has 1 N–H and O–H groups in total. The van der Waals surface area contributed by atoms with Gasteiger partial charge in [0.1, 0.15) is 0 Å². The first-order chi connectivity index (χ1) is 13.4. The van der Waals surface area contributed by atoms with Crippen molar-refractivity contribution >= 4 is 21.6 Å². The third kappa shape index (κ3) is 4.73. The number of rotatable bonds is 5. The maximum absolute atomic E-state index is 12.9. The first-order valence-corrected chi connectivity index (χ1v) is 11.3. The Balaban J connectivity index is 1.78. The lowest BCUT2D eigenvalue weighted by Crippen LogP contribution is -2.34. The molecule has 1 aliphatic carbocycles. The third-order valence-corrected chi connectivity index (χ3v) is 7.14. The van der Waals surface area contributed by atoms with Crippen LogP contribution in [0.15, 0.2) is 53.4 Å². The SMILES string of the molecule is Cc1ccc(S(=O)(=O)N(C)c2cccc(C(=O)NC3CCCCCC3)c2)cc1. The molecule has 3 rings (SSSR count). The molecule has 0 radical (unpaired) electrons. The van der Waals surface area contributed by atoms with E-state index in [1.165, 1.54) is 24.2 Å². The van der Waals surface area contributed by atoms with E-state index < -0.39 is 10.0 Å². The molecule has 1 aliphatic rings. The summed E-state index contributed by atoms with van der Waals surface area (Å²) in [6.07, 6.45) is 6.75. The number of nitrogens with one attached hydrogen (secondary N) is 1. The molecule has 0 saturated heterocycles. The van der Waals surface area contributed by atoms with Crippen LogP contribution in [0.3, 0.4) is 0 Å². The van der Waals surface area contributed by atoms with Crippen LogP contribution in [0.25, 0.3) is 0 Å². The molecule has 150 valence electrons. The molecule has 2 aromatic carbocycles. The highest BCUT2D eigenvalue weighted by Crippen LogP contribution is 2.24. The molecule has 1 amide bonds. The number of carbonyl (C=O) groups is 1. The average Bonchev–Trinajstić information content (AvgIpc) is 2.96. The van der Waals surface area contributed by atoms with Gasteiger partial charge in [-0.05, 0) is 50.1 Å². The standard InChI is InChI=1S/C22H28N2O3S/c1-17-12-14-21(15-13-17)28(26,27)24(2)20-11-7-8-18(16-20)22(25)23-19-9-5-3-4-6-10-19/h7-8,11-16,19H,3-6,9-10H2,1-2H3,(H,23,25). The number of hydrogen-bond acceptors (Lipinski definition) is 3. The Bertz CT molecular complexity index is 915. The maximum Gasteiger partial charge on any atom is 0.264 e. The molecule has 2 aromatic rings.